The molecular formula is C15H28N2O2. The molecule has 0 spiro atoms. The standard InChI is InChI=1S/C15H28N2O2/c1-11-13(5-2-6-14(11)16)15(19)17-8-3-4-12(10-17)7-9-18/h11-14,18H,2-10,16H2,1H3. The molecule has 3 N–H and O–H groups in total. The SMILES string of the molecule is CC1C(N)CCCC1C(=O)N1CCCC(CCO)C1. The van der Waals surface area contributed by atoms with Crippen molar-refractivity contribution in [3.8, 4) is 0 Å². The number of likely N-dealkylation sites (tertiary alicyclic amines) is 1. The van der Waals surface area contributed by atoms with Crippen molar-refractivity contribution in [2.24, 2.45) is 23.5 Å². The summed E-state index contributed by atoms with van der Waals surface area (Å²) >= 11 is 0. The number of hydrogen-bond acceptors (Lipinski definition) is 3. The van der Waals surface area contributed by atoms with Crippen molar-refractivity contribution in [1.82, 2.24) is 4.90 Å². The van der Waals surface area contributed by atoms with Crippen LogP contribution < -0.4 is 5.73 Å². The van der Waals surface area contributed by atoms with Gasteiger partial charge < -0.3 is 15.7 Å². The van der Waals surface area contributed by atoms with Crippen molar-refractivity contribution in [3.63, 3.8) is 0 Å². The molecule has 4 nitrogen and oxygen atoms in total. The van der Waals surface area contributed by atoms with E-state index in [1.54, 1.807) is 0 Å². The molecule has 0 aromatic rings. The third kappa shape index (κ3) is 3.48. The minimum absolute atomic E-state index is 0.122. The fraction of sp³-hybridized carbons (Fsp3) is 0.933. The Labute approximate surface area is 116 Å². The summed E-state index contributed by atoms with van der Waals surface area (Å²) in [5, 5.41) is 9.05. The Morgan fingerprint density at radius 1 is 1.32 bits per heavy atom. The number of carbonyl (C=O) groups is 1. The van der Waals surface area contributed by atoms with Gasteiger partial charge in [-0.1, -0.05) is 13.3 Å². The van der Waals surface area contributed by atoms with Crippen LogP contribution in [0.1, 0.15) is 45.4 Å². The maximum absolute atomic E-state index is 12.7. The Kier molecular flexibility index (Phi) is 5.22. The van der Waals surface area contributed by atoms with Crippen LogP contribution in [0.25, 0.3) is 0 Å². The van der Waals surface area contributed by atoms with Gasteiger partial charge in [0.25, 0.3) is 0 Å². The zero-order chi connectivity index (χ0) is 13.8. The second-order valence-electron chi connectivity index (χ2n) is 6.37. The highest BCUT2D eigenvalue weighted by molar-refractivity contribution is 5.79. The van der Waals surface area contributed by atoms with Gasteiger partial charge in [-0.25, -0.2) is 0 Å². The first-order valence-corrected chi connectivity index (χ1v) is 7.78. The molecule has 4 heteroatoms. The Bertz CT molecular complexity index is 307. The molecule has 0 radical (unpaired) electrons. The van der Waals surface area contributed by atoms with E-state index in [2.05, 4.69) is 6.92 Å². The maximum Gasteiger partial charge on any atom is 0.226 e. The number of aliphatic hydroxyl groups is 1. The highest BCUT2D eigenvalue weighted by Crippen LogP contribution is 2.32. The smallest absolute Gasteiger partial charge is 0.226 e. The fourth-order valence-corrected chi connectivity index (χ4v) is 3.66. The molecule has 2 fully saturated rings. The largest absolute Gasteiger partial charge is 0.396 e. The van der Waals surface area contributed by atoms with Crippen molar-refractivity contribution >= 4 is 5.91 Å². The lowest BCUT2D eigenvalue weighted by atomic mass is 9.76. The predicted molar refractivity (Wildman–Crippen MR) is 75.5 cm³/mol. The van der Waals surface area contributed by atoms with Crippen LogP contribution >= 0.6 is 0 Å². The zero-order valence-electron chi connectivity index (χ0n) is 12.1. The molecule has 110 valence electrons. The van der Waals surface area contributed by atoms with E-state index >= 15 is 0 Å². The minimum atomic E-state index is 0.122. The van der Waals surface area contributed by atoms with Crippen LogP contribution in [0.4, 0.5) is 0 Å². The minimum Gasteiger partial charge on any atom is -0.396 e. The molecule has 1 saturated heterocycles. The van der Waals surface area contributed by atoms with Crippen molar-refractivity contribution in [3.05, 3.63) is 0 Å². The summed E-state index contributed by atoms with van der Waals surface area (Å²) in [6, 6.07) is 0.181. The third-order valence-corrected chi connectivity index (χ3v) is 5.05. The fourth-order valence-electron chi connectivity index (χ4n) is 3.66. The molecule has 2 rings (SSSR count). The summed E-state index contributed by atoms with van der Waals surface area (Å²) in [7, 11) is 0. The number of carbonyl (C=O) groups excluding carboxylic acids is 1. The van der Waals surface area contributed by atoms with Gasteiger partial charge in [-0.05, 0) is 43.9 Å². The van der Waals surface area contributed by atoms with Crippen LogP contribution in [0.15, 0.2) is 0 Å². The van der Waals surface area contributed by atoms with Crippen LogP contribution in [0.5, 0.6) is 0 Å². The lowest BCUT2D eigenvalue weighted by molar-refractivity contribution is -0.140. The van der Waals surface area contributed by atoms with E-state index in [1.807, 2.05) is 4.90 Å². The van der Waals surface area contributed by atoms with Crippen molar-refractivity contribution in [1.29, 1.82) is 0 Å². The van der Waals surface area contributed by atoms with Gasteiger partial charge in [-0.15, -0.1) is 0 Å². The highest BCUT2D eigenvalue weighted by Gasteiger charge is 2.36. The Morgan fingerprint density at radius 3 is 2.84 bits per heavy atom. The van der Waals surface area contributed by atoms with Crippen LogP contribution in [0.3, 0.4) is 0 Å². The van der Waals surface area contributed by atoms with E-state index < -0.39 is 0 Å². The molecule has 1 amide bonds. The number of aliphatic hydroxyl groups excluding tert-OH is 1. The number of hydrogen-bond donors (Lipinski definition) is 2. The summed E-state index contributed by atoms with van der Waals surface area (Å²) < 4.78 is 0. The molecule has 0 aromatic carbocycles. The molecule has 1 aliphatic heterocycles. The van der Waals surface area contributed by atoms with Crippen molar-refractivity contribution < 1.29 is 9.90 Å². The van der Waals surface area contributed by atoms with Crippen molar-refractivity contribution in [2.45, 2.75) is 51.5 Å². The lowest BCUT2D eigenvalue weighted by Crippen LogP contribution is -2.48. The molecule has 0 bridgehead atoms. The van der Waals surface area contributed by atoms with Crippen LogP contribution in [0.2, 0.25) is 0 Å². The molecular weight excluding hydrogens is 240 g/mol. The molecule has 4 atom stereocenters. The summed E-state index contributed by atoms with van der Waals surface area (Å²) in [6.45, 7) is 4.08. The zero-order valence-corrected chi connectivity index (χ0v) is 12.1. The third-order valence-electron chi connectivity index (χ3n) is 5.05. The summed E-state index contributed by atoms with van der Waals surface area (Å²) in [5.74, 6) is 1.22. The van der Waals surface area contributed by atoms with Gasteiger partial charge in [0.2, 0.25) is 5.91 Å². The van der Waals surface area contributed by atoms with Gasteiger partial charge in [0.05, 0.1) is 0 Å². The van der Waals surface area contributed by atoms with Gasteiger partial charge in [0.15, 0.2) is 0 Å². The number of nitrogens with zero attached hydrogens (tertiary/aromatic N) is 1. The van der Waals surface area contributed by atoms with Crippen LogP contribution in [-0.4, -0.2) is 41.7 Å². The van der Waals surface area contributed by atoms with E-state index in [1.165, 1.54) is 0 Å². The van der Waals surface area contributed by atoms with Crippen LogP contribution in [0, 0.1) is 17.8 Å². The van der Waals surface area contributed by atoms with Gasteiger partial charge in [-0.2, -0.15) is 0 Å². The predicted octanol–water partition coefficient (Wildman–Crippen LogP) is 1.37. The van der Waals surface area contributed by atoms with E-state index in [-0.39, 0.29) is 18.6 Å². The first-order valence-electron chi connectivity index (χ1n) is 7.78. The molecule has 2 aliphatic rings. The average Bonchev–Trinajstić information content (AvgIpc) is 2.42. The number of nitrogens with two attached hydrogens (primary N) is 1. The van der Waals surface area contributed by atoms with Gasteiger partial charge in [0.1, 0.15) is 0 Å². The molecule has 1 aliphatic carbocycles. The summed E-state index contributed by atoms with van der Waals surface area (Å²) in [4.78, 5) is 14.7. The summed E-state index contributed by atoms with van der Waals surface area (Å²) in [5.41, 5.74) is 6.11. The molecule has 19 heavy (non-hydrogen) atoms. The van der Waals surface area contributed by atoms with Gasteiger partial charge in [-0.3, -0.25) is 4.79 Å². The molecule has 4 unspecified atom stereocenters. The quantitative estimate of drug-likeness (QED) is 0.812. The van der Waals surface area contributed by atoms with E-state index in [0.717, 1.165) is 51.6 Å². The number of piperidine rings is 1. The average molecular weight is 268 g/mol. The lowest BCUT2D eigenvalue weighted by Gasteiger charge is -2.39. The summed E-state index contributed by atoms with van der Waals surface area (Å²) in [6.07, 6.45) is 6.17. The van der Waals surface area contributed by atoms with E-state index in [9.17, 15) is 4.79 Å². The van der Waals surface area contributed by atoms with Crippen LogP contribution in [-0.2, 0) is 4.79 Å². The monoisotopic (exact) mass is 268 g/mol. The van der Waals surface area contributed by atoms with E-state index in [0.29, 0.717) is 17.7 Å². The normalized spacial score (nSPS) is 36.3. The first-order chi connectivity index (χ1) is 9.13. The van der Waals surface area contributed by atoms with Gasteiger partial charge >= 0.3 is 0 Å². The second kappa shape index (κ2) is 6.71. The van der Waals surface area contributed by atoms with Gasteiger partial charge in [0, 0.05) is 31.7 Å². The second-order valence-corrected chi connectivity index (χ2v) is 6.37. The first kappa shape index (κ1) is 14.8. The molecule has 1 saturated carbocycles. The van der Waals surface area contributed by atoms with E-state index in [4.69, 9.17) is 10.8 Å². The Hall–Kier alpha value is -0.610. The maximum atomic E-state index is 12.7. The Balaban J connectivity index is 1.94. The highest BCUT2D eigenvalue weighted by atomic mass is 16.3. The molecule has 0 aromatic heterocycles. The van der Waals surface area contributed by atoms with Crippen molar-refractivity contribution in [2.75, 3.05) is 19.7 Å². The molecule has 1 heterocycles. The Morgan fingerprint density at radius 2 is 2.11 bits per heavy atom. The number of rotatable bonds is 3. The topological polar surface area (TPSA) is 66.6 Å². The number of amides is 1.